The molecule has 0 aromatic heterocycles. The maximum atomic E-state index is 10.9. The van der Waals surface area contributed by atoms with Crippen LogP contribution in [0.1, 0.15) is 71.6 Å². The minimum atomic E-state index is -0.466. The van der Waals surface area contributed by atoms with Crippen LogP contribution in [0.25, 0.3) is 0 Å². The Labute approximate surface area is 99.9 Å². The molecule has 1 nitrogen and oxygen atoms in total. The van der Waals surface area contributed by atoms with Crippen LogP contribution in [0.4, 0.5) is 0 Å². The Hall–Kier alpha value is -0.300. The number of hydrogen-bond acceptors (Lipinski definition) is 1. The smallest absolute Gasteiger partial charge is 0.0861 e. The van der Waals surface area contributed by atoms with Crippen LogP contribution in [0.15, 0.2) is 11.6 Å². The molecule has 0 aromatic carbocycles. The van der Waals surface area contributed by atoms with E-state index in [2.05, 4.69) is 19.9 Å². The van der Waals surface area contributed by atoms with E-state index in [0.29, 0.717) is 5.41 Å². The standard InChI is InChI=1S/C15H26O/c1-14(2)10-7-11-15(16,12-14)13-8-5-3-4-6-9-13/h8,16H,3-7,9-12H2,1-2H3. The van der Waals surface area contributed by atoms with Gasteiger partial charge in [0.25, 0.3) is 0 Å². The van der Waals surface area contributed by atoms with Crippen LogP contribution >= 0.6 is 0 Å². The fourth-order valence-electron chi connectivity index (χ4n) is 3.54. The van der Waals surface area contributed by atoms with Crippen LogP contribution in [0.5, 0.6) is 0 Å². The lowest BCUT2D eigenvalue weighted by atomic mass is 9.66. The topological polar surface area (TPSA) is 20.2 Å². The summed E-state index contributed by atoms with van der Waals surface area (Å²) in [7, 11) is 0. The summed E-state index contributed by atoms with van der Waals surface area (Å²) in [5, 5.41) is 10.9. The fraction of sp³-hybridized carbons (Fsp3) is 0.867. The van der Waals surface area contributed by atoms with Gasteiger partial charge in [0, 0.05) is 0 Å². The molecule has 2 rings (SSSR count). The summed E-state index contributed by atoms with van der Waals surface area (Å²) in [5.74, 6) is 0. The van der Waals surface area contributed by atoms with Gasteiger partial charge in [-0.05, 0) is 62.4 Å². The molecule has 0 saturated heterocycles. The fourth-order valence-corrected chi connectivity index (χ4v) is 3.54. The predicted molar refractivity (Wildman–Crippen MR) is 68.4 cm³/mol. The normalized spacial score (nSPS) is 35.3. The van der Waals surface area contributed by atoms with Crippen LogP contribution in [0.3, 0.4) is 0 Å². The molecular weight excluding hydrogens is 196 g/mol. The van der Waals surface area contributed by atoms with Crippen molar-refractivity contribution in [3.05, 3.63) is 11.6 Å². The highest BCUT2D eigenvalue weighted by Gasteiger charge is 2.40. The Kier molecular flexibility index (Phi) is 3.44. The lowest BCUT2D eigenvalue weighted by Crippen LogP contribution is -2.40. The molecule has 1 saturated carbocycles. The van der Waals surface area contributed by atoms with Gasteiger partial charge in [0.1, 0.15) is 0 Å². The van der Waals surface area contributed by atoms with Crippen LogP contribution in [0.2, 0.25) is 0 Å². The molecule has 1 unspecified atom stereocenters. The summed E-state index contributed by atoms with van der Waals surface area (Å²) >= 11 is 0. The Morgan fingerprint density at radius 2 is 1.88 bits per heavy atom. The predicted octanol–water partition coefficient (Wildman–Crippen LogP) is 4.21. The molecule has 0 radical (unpaired) electrons. The van der Waals surface area contributed by atoms with Crippen molar-refractivity contribution in [2.75, 3.05) is 0 Å². The molecule has 92 valence electrons. The highest BCUT2D eigenvalue weighted by molar-refractivity contribution is 5.19. The Balaban J connectivity index is 2.13. The zero-order valence-electron chi connectivity index (χ0n) is 10.9. The average molecular weight is 222 g/mol. The van der Waals surface area contributed by atoms with Crippen molar-refractivity contribution < 1.29 is 5.11 Å². The lowest BCUT2D eigenvalue weighted by molar-refractivity contribution is -0.0111. The van der Waals surface area contributed by atoms with Crippen LogP contribution in [-0.4, -0.2) is 10.7 Å². The monoisotopic (exact) mass is 222 g/mol. The first kappa shape index (κ1) is 12.2. The zero-order valence-corrected chi connectivity index (χ0v) is 10.9. The summed E-state index contributed by atoms with van der Waals surface area (Å²) in [4.78, 5) is 0. The molecule has 0 heterocycles. The van der Waals surface area contributed by atoms with Crippen molar-refractivity contribution in [3.8, 4) is 0 Å². The summed E-state index contributed by atoms with van der Waals surface area (Å²) in [6.07, 6.45) is 13.0. The van der Waals surface area contributed by atoms with E-state index in [1.165, 1.54) is 44.1 Å². The van der Waals surface area contributed by atoms with Crippen molar-refractivity contribution in [1.29, 1.82) is 0 Å². The van der Waals surface area contributed by atoms with Gasteiger partial charge in [-0.15, -0.1) is 0 Å². The van der Waals surface area contributed by atoms with Crippen molar-refractivity contribution in [2.45, 2.75) is 77.2 Å². The van der Waals surface area contributed by atoms with Crippen LogP contribution in [0, 0.1) is 5.41 Å². The maximum Gasteiger partial charge on any atom is 0.0861 e. The molecule has 0 bridgehead atoms. The number of rotatable bonds is 1. The van der Waals surface area contributed by atoms with E-state index in [-0.39, 0.29) is 0 Å². The number of allylic oxidation sites excluding steroid dienone is 1. The van der Waals surface area contributed by atoms with E-state index in [1.807, 2.05) is 0 Å². The van der Waals surface area contributed by atoms with Crippen molar-refractivity contribution in [2.24, 2.45) is 5.41 Å². The molecule has 2 aliphatic carbocycles. The molecular formula is C15H26O. The first-order valence-electron chi connectivity index (χ1n) is 6.94. The molecule has 0 aromatic rings. The first-order chi connectivity index (χ1) is 7.52. The van der Waals surface area contributed by atoms with Gasteiger partial charge < -0.3 is 5.11 Å². The third-order valence-electron chi connectivity index (χ3n) is 4.35. The van der Waals surface area contributed by atoms with Crippen molar-refractivity contribution >= 4 is 0 Å². The molecule has 0 aliphatic heterocycles. The van der Waals surface area contributed by atoms with Gasteiger partial charge >= 0.3 is 0 Å². The molecule has 1 heteroatoms. The maximum absolute atomic E-state index is 10.9. The van der Waals surface area contributed by atoms with Crippen molar-refractivity contribution in [3.63, 3.8) is 0 Å². The molecule has 0 amide bonds. The van der Waals surface area contributed by atoms with Gasteiger partial charge in [0.05, 0.1) is 5.60 Å². The highest BCUT2D eigenvalue weighted by atomic mass is 16.3. The number of hydrogen-bond donors (Lipinski definition) is 1. The zero-order chi connectivity index (χ0) is 11.6. The summed E-state index contributed by atoms with van der Waals surface area (Å²) in [5.41, 5.74) is 1.21. The quantitative estimate of drug-likeness (QED) is 0.659. The summed E-state index contributed by atoms with van der Waals surface area (Å²) in [6, 6.07) is 0. The van der Waals surface area contributed by atoms with Crippen LogP contribution < -0.4 is 0 Å². The van der Waals surface area contributed by atoms with E-state index >= 15 is 0 Å². The summed E-state index contributed by atoms with van der Waals surface area (Å²) < 4.78 is 0. The Bertz CT molecular complexity index is 277. The second-order valence-electron chi connectivity index (χ2n) is 6.55. The first-order valence-corrected chi connectivity index (χ1v) is 6.94. The van der Waals surface area contributed by atoms with Gasteiger partial charge in [0.15, 0.2) is 0 Å². The largest absolute Gasteiger partial charge is 0.385 e. The minimum absolute atomic E-state index is 0.320. The molecule has 1 N–H and O–H groups in total. The third kappa shape index (κ3) is 2.68. The van der Waals surface area contributed by atoms with E-state index < -0.39 is 5.60 Å². The average Bonchev–Trinajstić information content (AvgIpc) is 2.43. The molecule has 16 heavy (non-hydrogen) atoms. The van der Waals surface area contributed by atoms with E-state index in [1.54, 1.807) is 0 Å². The SMILES string of the molecule is CC1(C)CCCC(O)(C2=CCCCCC2)C1. The highest BCUT2D eigenvalue weighted by Crippen LogP contribution is 2.45. The van der Waals surface area contributed by atoms with Gasteiger partial charge in [0.2, 0.25) is 0 Å². The lowest BCUT2D eigenvalue weighted by Gasteiger charge is -2.43. The third-order valence-corrected chi connectivity index (χ3v) is 4.35. The van der Waals surface area contributed by atoms with E-state index in [0.717, 1.165) is 19.3 Å². The van der Waals surface area contributed by atoms with Gasteiger partial charge in [-0.1, -0.05) is 26.3 Å². The van der Waals surface area contributed by atoms with Gasteiger partial charge in [-0.3, -0.25) is 0 Å². The van der Waals surface area contributed by atoms with E-state index in [9.17, 15) is 5.11 Å². The second-order valence-corrected chi connectivity index (χ2v) is 6.55. The molecule has 0 spiro atoms. The van der Waals surface area contributed by atoms with Crippen molar-refractivity contribution in [1.82, 2.24) is 0 Å². The second kappa shape index (κ2) is 4.52. The molecule has 1 fully saturated rings. The number of aliphatic hydroxyl groups is 1. The Morgan fingerprint density at radius 3 is 2.62 bits per heavy atom. The molecule has 1 atom stereocenters. The van der Waals surface area contributed by atoms with Gasteiger partial charge in [-0.2, -0.15) is 0 Å². The van der Waals surface area contributed by atoms with Crippen LogP contribution in [-0.2, 0) is 0 Å². The Morgan fingerprint density at radius 1 is 1.06 bits per heavy atom. The van der Waals surface area contributed by atoms with E-state index in [4.69, 9.17) is 0 Å². The van der Waals surface area contributed by atoms with Gasteiger partial charge in [-0.25, -0.2) is 0 Å². The summed E-state index contributed by atoms with van der Waals surface area (Å²) in [6.45, 7) is 4.60. The minimum Gasteiger partial charge on any atom is -0.385 e. The molecule has 2 aliphatic rings.